The first-order chi connectivity index (χ1) is 5.11. The highest BCUT2D eigenvalue weighted by Gasteiger charge is 2.13. The maximum atomic E-state index is 9.00. The Morgan fingerprint density at radius 1 is 1.36 bits per heavy atom. The zero-order valence-electron chi connectivity index (χ0n) is 6.02. The molecular formula is C6H8BNO3. The molecule has 0 amide bonds. The lowest BCUT2D eigenvalue weighted by Gasteiger charge is -2.00. The molecule has 1 rings (SSSR count). The van der Waals surface area contributed by atoms with Crippen molar-refractivity contribution in [1.82, 2.24) is 4.98 Å². The lowest BCUT2D eigenvalue weighted by atomic mass is 9.85. The largest absolute Gasteiger partial charge is 0.508 e. The first kappa shape index (κ1) is 8.04. The highest BCUT2D eigenvalue weighted by atomic mass is 16.4. The van der Waals surface area contributed by atoms with Gasteiger partial charge in [0.05, 0.1) is 11.3 Å². The minimum absolute atomic E-state index is 0.0504. The van der Waals surface area contributed by atoms with Crippen molar-refractivity contribution in [2.24, 2.45) is 0 Å². The quantitative estimate of drug-likeness (QED) is 0.442. The number of aromatic nitrogens is 1. The summed E-state index contributed by atoms with van der Waals surface area (Å²) in [7, 11) is -1.57. The second-order valence-corrected chi connectivity index (χ2v) is 2.21. The molecule has 0 fully saturated rings. The number of pyridine rings is 1. The monoisotopic (exact) mass is 153 g/mol. The Balaban J connectivity index is 3.05. The summed E-state index contributed by atoms with van der Waals surface area (Å²) in [6.45, 7) is 1.58. The smallest absolute Gasteiger partial charge is 0.506 e. The Morgan fingerprint density at radius 3 is 2.45 bits per heavy atom. The van der Waals surface area contributed by atoms with E-state index in [1.807, 2.05) is 0 Å². The summed E-state index contributed by atoms with van der Waals surface area (Å²) in [5.41, 5.74) is 0.524. The molecule has 0 bridgehead atoms. The van der Waals surface area contributed by atoms with Gasteiger partial charge in [-0.3, -0.25) is 4.98 Å². The SMILES string of the molecule is Cc1nc(B(O)O)ccc1O. The van der Waals surface area contributed by atoms with Crippen LogP contribution in [0.15, 0.2) is 12.1 Å². The molecule has 0 atom stereocenters. The van der Waals surface area contributed by atoms with Crippen molar-refractivity contribution in [2.75, 3.05) is 0 Å². The zero-order valence-corrected chi connectivity index (χ0v) is 6.02. The fourth-order valence-corrected chi connectivity index (χ4v) is 0.717. The first-order valence-electron chi connectivity index (χ1n) is 3.14. The lowest BCUT2D eigenvalue weighted by Crippen LogP contribution is -2.32. The Kier molecular flexibility index (Phi) is 2.12. The van der Waals surface area contributed by atoms with Crippen LogP contribution < -0.4 is 5.59 Å². The van der Waals surface area contributed by atoms with Gasteiger partial charge in [0.25, 0.3) is 0 Å². The van der Waals surface area contributed by atoms with E-state index in [-0.39, 0.29) is 11.3 Å². The van der Waals surface area contributed by atoms with Crippen molar-refractivity contribution in [3.05, 3.63) is 17.8 Å². The normalized spacial score (nSPS) is 9.73. The summed E-state index contributed by atoms with van der Waals surface area (Å²) in [5, 5.41) is 26.3. The van der Waals surface area contributed by atoms with Crippen LogP contribution in [0.25, 0.3) is 0 Å². The molecule has 0 unspecified atom stereocenters. The molecule has 0 aromatic carbocycles. The Hall–Kier alpha value is -1.07. The molecule has 0 aliphatic carbocycles. The number of nitrogens with zero attached hydrogens (tertiary/aromatic N) is 1. The molecule has 3 N–H and O–H groups in total. The van der Waals surface area contributed by atoms with Gasteiger partial charge < -0.3 is 15.2 Å². The molecule has 1 heterocycles. The fraction of sp³-hybridized carbons (Fsp3) is 0.167. The third-order valence-electron chi connectivity index (χ3n) is 1.34. The summed E-state index contributed by atoms with van der Waals surface area (Å²) in [5.74, 6) is 0.0504. The molecular weight excluding hydrogens is 145 g/mol. The molecule has 1 aromatic rings. The van der Waals surface area contributed by atoms with E-state index in [0.29, 0.717) is 5.69 Å². The van der Waals surface area contributed by atoms with E-state index in [1.54, 1.807) is 6.92 Å². The third-order valence-corrected chi connectivity index (χ3v) is 1.34. The van der Waals surface area contributed by atoms with Crippen LogP contribution in [0.3, 0.4) is 0 Å². The van der Waals surface area contributed by atoms with Crippen LogP contribution in [0, 0.1) is 6.92 Å². The molecule has 1 aromatic heterocycles. The summed E-state index contributed by atoms with van der Waals surface area (Å²) in [6, 6.07) is 2.73. The topological polar surface area (TPSA) is 73.6 Å². The van der Waals surface area contributed by atoms with Gasteiger partial charge in [0, 0.05) is 0 Å². The highest BCUT2D eigenvalue weighted by molar-refractivity contribution is 6.57. The number of hydrogen-bond acceptors (Lipinski definition) is 4. The number of hydrogen-bond donors (Lipinski definition) is 3. The second-order valence-electron chi connectivity index (χ2n) is 2.21. The number of aryl methyl sites for hydroxylation is 1. The molecule has 5 heteroatoms. The second kappa shape index (κ2) is 2.90. The lowest BCUT2D eigenvalue weighted by molar-refractivity contribution is 0.423. The van der Waals surface area contributed by atoms with Crippen LogP contribution in [0.5, 0.6) is 5.75 Å². The molecule has 0 radical (unpaired) electrons. The van der Waals surface area contributed by atoms with Crippen LogP contribution in [0.4, 0.5) is 0 Å². The van der Waals surface area contributed by atoms with Crippen molar-refractivity contribution in [3.63, 3.8) is 0 Å². The highest BCUT2D eigenvalue weighted by Crippen LogP contribution is 2.08. The summed E-state index contributed by atoms with van der Waals surface area (Å²) < 4.78 is 0. The van der Waals surface area contributed by atoms with Gasteiger partial charge in [-0.1, -0.05) is 0 Å². The van der Waals surface area contributed by atoms with Crippen molar-refractivity contribution < 1.29 is 15.2 Å². The molecule has 4 nitrogen and oxygen atoms in total. The molecule has 0 spiro atoms. The van der Waals surface area contributed by atoms with Gasteiger partial charge in [-0.15, -0.1) is 0 Å². The molecule has 11 heavy (non-hydrogen) atoms. The van der Waals surface area contributed by atoms with Crippen LogP contribution in [0.1, 0.15) is 5.69 Å². The summed E-state index contributed by atoms with van der Waals surface area (Å²) >= 11 is 0. The minimum atomic E-state index is -1.57. The van der Waals surface area contributed by atoms with Gasteiger partial charge in [-0.2, -0.15) is 0 Å². The maximum absolute atomic E-state index is 9.00. The van der Waals surface area contributed by atoms with E-state index in [9.17, 15) is 0 Å². The van der Waals surface area contributed by atoms with Crippen molar-refractivity contribution in [2.45, 2.75) is 6.92 Å². The third kappa shape index (κ3) is 1.69. The Morgan fingerprint density at radius 2 is 2.00 bits per heavy atom. The number of aromatic hydroxyl groups is 1. The molecule has 0 aliphatic heterocycles. The van der Waals surface area contributed by atoms with E-state index < -0.39 is 7.12 Å². The van der Waals surface area contributed by atoms with Crippen LogP contribution >= 0.6 is 0 Å². The molecule has 58 valence electrons. The van der Waals surface area contributed by atoms with Gasteiger partial charge >= 0.3 is 7.12 Å². The predicted octanol–water partition coefficient (Wildman–Crippen LogP) is -1.22. The summed E-state index contributed by atoms with van der Waals surface area (Å²) in [4.78, 5) is 3.72. The van der Waals surface area contributed by atoms with Crippen LogP contribution in [0.2, 0.25) is 0 Å². The van der Waals surface area contributed by atoms with Crippen molar-refractivity contribution in [1.29, 1.82) is 0 Å². The standard InChI is InChI=1S/C6H8BNO3/c1-4-5(9)2-3-6(8-4)7(10)11/h2-3,9-11H,1H3. The van der Waals surface area contributed by atoms with Crippen LogP contribution in [-0.4, -0.2) is 27.3 Å². The maximum Gasteiger partial charge on any atom is 0.508 e. The van der Waals surface area contributed by atoms with Gasteiger partial charge in [0.2, 0.25) is 0 Å². The van der Waals surface area contributed by atoms with Crippen molar-refractivity contribution >= 4 is 12.7 Å². The Bertz CT molecular complexity index is 264. The van der Waals surface area contributed by atoms with Crippen molar-refractivity contribution in [3.8, 4) is 5.75 Å². The molecule has 0 saturated carbocycles. The molecule has 0 saturated heterocycles. The van der Waals surface area contributed by atoms with E-state index in [1.165, 1.54) is 12.1 Å². The van der Waals surface area contributed by atoms with Gasteiger partial charge in [-0.05, 0) is 19.1 Å². The average Bonchev–Trinajstić information content (AvgIpc) is 1.94. The van der Waals surface area contributed by atoms with E-state index in [4.69, 9.17) is 15.2 Å². The van der Waals surface area contributed by atoms with Gasteiger partial charge in [-0.25, -0.2) is 0 Å². The summed E-state index contributed by atoms with van der Waals surface area (Å²) in [6.07, 6.45) is 0. The molecule has 0 aliphatic rings. The minimum Gasteiger partial charge on any atom is -0.506 e. The van der Waals surface area contributed by atoms with E-state index in [2.05, 4.69) is 4.98 Å². The van der Waals surface area contributed by atoms with Gasteiger partial charge in [0.15, 0.2) is 0 Å². The zero-order chi connectivity index (χ0) is 8.43. The van der Waals surface area contributed by atoms with Gasteiger partial charge in [0.1, 0.15) is 5.75 Å². The van der Waals surface area contributed by atoms with E-state index >= 15 is 0 Å². The number of rotatable bonds is 1. The van der Waals surface area contributed by atoms with E-state index in [0.717, 1.165) is 0 Å². The Labute approximate surface area is 64.3 Å². The predicted molar refractivity (Wildman–Crippen MR) is 40.5 cm³/mol. The van der Waals surface area contributed by atoms with Crippen LogP contribution in [-0.2, 0) is 0 Å². The average molecular weight is 153 g/mol. The fourth-order valence-electron chi connectivity index (χ4n) is 0.717. The first-order valence-corrected chi connectivity index (χ1v) is 3.14.